The van der Waals surface area contributed by atoms with Gasteiger partial charge in [-0.05, 0) is 56.3 Å². The van der Waals surface area contributed by atoms with Crippen LogP contribution < -0.4 is 5.73 Å². The number of hydrogen-bond acceptors (Lipinski definition) is 4. The van der Waals surface area contributed by atoms with Crippen LogP contribution in [-0.2, 0) is 4.74 Å². The molecule has 30 heavy (non-hydrogen) atoms. The Bertz CT molecular complexity index is 1330. The van der Waals surface area contributed by atoms with E-state index in [0.29, 0.717) is 38.8 Å². The van der Waals surface area contributed by atoms with E-state index in [4.69, 9.17) is 22.1 Å². The maximum absolute atomic E-state index is 13.5. The van der Waals surface area contributed by atoms with Gasteiger partial charge in [-0.2, -0.15) is 0 Å². The minimum atomic E-state index is -0.650. The lowest BCUT2D eigenvalue weighted by Crippen LogP contribution is -2.12. The minimum absolute atomic E-state index is 0.0535. The zero-order chi connectivity index (χ0) is 21.6. The van der Waals surface area contributed by atoms with E-state index in [0.717, 1.165) is 0 Å². The van der Waals surface area contributed by atoms with Crippen molar-refractivity contribution >= 4 is 45.4 Å². The number of nitrogens with two attached hydrogens (primary N) is 1. The fraction of sp³-hybridized carbons (Fsp3) is 0.136. The predicted octanol–water partition coefficient (Wildman–Crippen LogP) is 4.84. The van der Waals surface area contributed by atoms with Crippen molar-refractivity contribution < 1.29 is 18.7 Å². The molecule has 2 aromatic carbocycles. The highest BCUT2D eigenvalue weighted by Gasteiger charge is 2.18. The maximum Gasteiger partial charge on any atom is 0.338 e. The van der Waals surface area contributed by atoms with Crippen molar-refractivity contribution in [3.63, 3.8) is 0 Å². The van der Waals surface area contributed by atoms with Crippen LogP contribution in [0.4, 0.5) is 4.39 Å². The number of amides is 1. The molecule has 8 heteroatoms. The van der Waals surface area contributed by atoms with E-state index in [2.05, 4.69) is 9.97 Å². The van der Waals surface area contributed by atoms with Crippen molar-refractivity contribution in [3.05, 3.63) is 64.4 Å². The number of carbonyl (C=O) groups excluding carboxylic acids is 2. The summed E-state index contributed by atoms with van der Waals surface area (Å²) in [6.07, 6.45) is -0.246. The summed E-state index contributed by atoms with van der Waals surface area (Å²) in [6, 6.07) is 10.7. The molecule has 0 aliphatic rings. The second kappa shape index (κ2) is 7.42. The molecule has 0 fully saturated rings. The number of benzene rings is 2. The van der Waals surface area contributed by atoms with E-state index >= 15 is 0 Å². The lowest BCUT2D eigenvalue weighted by Gasteiger charge is -2.07. The molecule has 0 unspecified atom stereocenters. The number of carbonyl (C=O) groups is 2. The highest BCUT2D eigenvalue weighted by atomic mass is 35.5. The molecule has 0 aliphatic carbocycles. The van der Waals surface area contributed by atoms with Crippen LogP contribution in [0.25, 0.3) is 33.2 Å². The quantitative estimate of drug-likeness (QED) is 0.457. The van der Waals surface area contributed by atoms with Crippen molar-refractivity contribution in [2.75, 3.05) is 0 Å². The molecule has 0 aliphatic heterocycles. The molecule has 2 aromatic heterocycles. The van der Waals surface area contributed by atoms with Crippen molar-refractivity contribution in [1.29, 1.82) is 0 Å². The summed E-state index contributed by atoms with van der Waals surface area (Å²) >= 11 is 5.90. The van der Waals surface area contributed by atoms with Gasteiger partial charge in [0.05, 0.1) is 39.0 Å². The lowest BCUT2D eigenvalue weighted by atomic mass is 10.1. The number of ether oxygens (including phenoxy) is 1. The molecule has 0 radical (unpaired) electrons. The van der Waals surface area contributed by atoms with Gasteiger partial charge in [0.15, 0.2) is 0 Å². The highest BCUT2D eigenvalue weighted by Crippen LogP contribution is 2.32. The molecular weight excluding hydrogens is 409 g/mol. The van der Waals surface area contributed by atoms with Gasteiger partial charge < -0.3 is 15.5 Å². The van der Waals surface area contributed by atoms with Crippen molar-refractivity contribution in [1.82, 2.24) is 9.97 Å². The molecule has 152 valence electrons. The van der Waals surface area contributed by atoms with Crippen LogP contribution in [0.15, 0.2) is 42.5 Å². The Morgan fingerprint density at radius 3 is 2.60 bits per heavy atom. The van der Waals surface area contributed by atoms with Gasteiger partial charge >= 0.3 is 5.97 Å². The summed E-state index contributed by atoms with van der Waals surface area (Å²) < 4.78 is 18.8. The first-order valence-corrected chi connectivity index (χ1v) is 9.55. The van der Waals surface area contributed by atoms with Gasteiger partial charge in [-0.15, -0.1) is 0 Å². The molecule has 0 spiro atoms. The van der Waals surface area contributed by atoms with Gasteiger partial charge in [0, 0.05) is 16.5 Å². The number of primary amides is 1. The smallest absolute Gasteiger partial charge is 0.338 e. The average Bonchev–Trinajstić information content (AvgIpc) is 3.06. The minimum Gasteiger partial charge on any atom is -0.459 e. The number of rotatable bonds is 4. The van der Waals surface area contributed by atoms with E-state index < -0.39 is 17.7 Å². The fourth-order valence-electron chi connectivity index (χ4n) is 3.26. The Hall–Kier alpha value is -3.45. The van der Waals surface area contributed by atoms with Crippen LogP contribution in [0.1, 0.15) is 34.6 Å². The standard InChI is InChI=1S/C22H17ClFN3O3/c1-10(2)30-22(29)12-3-5-13-18(8-12)27-20-14(21(25)28)9-17(26-19(13)20)11-4-6-16(24)15(23)7-11/h3-10,27H,1-2H3,(H2,25,28). The van der Waals surface area contributed by atoms with E-state index in [1.54, 1.807) is 32.0 Å². The van der Waals surface area contributed by atoms with Crippen molar-refractivity contribution in [2.24, 2.45) is 5.73 Å². The summed E-state index contributed by atoms with van der Waals surface area (Å²) in [5, 5.41) is 0.644. The van der Waals surface area contributed by atoms with Crippen LogP contribution in [0, 0.1) is 5.82 Å². The van der Waals surface area contributed by atoms with E-state index in [1.807, 2.05) is 0 Å². The molecule has 0 saturated heterocycles. The molecule has 0 atom stereocenters. The molecule has 4 aromatic rings. The first-order chi connectivity index (χ1) is 14.2. The fourth-order valence-corrected chi connectivity index (χ4v) is 3.44. The summed E-state index contributed by atoms with van der Waals surface area (Å²) in [6.45, 7) is 3.54. The van der Waals surface area contributed by atoms with Crippen LogP contribution in [0.5, 0.6) is 0 Å². The molecule has 6 nitrogen and oxygen atoms in total. The molecule has 3 N–H and O–H groups in total. The summed E-state index contributed by atoms with van der Waals surface area (Å²) in [5.74, 6) is -1.65. The third-order valence-electron chi connectivity index (χ3n) is 4.61. The van der Waals surface area contributed by atoms with Gasteiger partial charge in [-0.1, -0.05) is 11.6 Å². The number of fused-ring (bicyclic) bond motifs is 3. The number of nitrogens with one attached hydrogen (secondary N) is 1. The Morgan fingerprint density at radius 1 is 1.17 bits per heavy atom. The molecule has 2 heterocycles. The number of aromatic nitrogens is 2. The lowest BCUT2D eigenvalue weighted by molar-refractivity contribution is 0.0378. The Kier molecular flexibility index (Phi) is 4.91. The van der Waals surface area contributed by atoms with E-state index in [9.17, 15) is 14.0 Å². The number of halogens is 2. The van der Waals surface area contributed by atoms with E-state index in [-0.39, 0.29) is 16.7 Å². The molecule has 0 saturated carbocycles. The predicted molar refractivity (Wildman–Crippen MR) is 113 cm³/mol. The molecule has 4 rings (SSSR count). The Balaban J connectivity index is 1.93. The SMILES string of the molecule is CC(C)OC(=O)c1ccc2c(c1)[nH]c1c(C(N)=O)cc(-c3ccc(F)c(Cl)c3)nc12. The summed E-state index contributed by atoms with van der Waals surface area (Å²) in [4.78, 5) is 32.1. The summed E-state index contributed by atoms with van der Waals surface area (Å²) in [5.41, 5.74) is 8.69. The third kappa shape index (κ3) is 3.48. The number of esters is 1. The summed E-state index contributed by atoms with van der Waals surface area (Å²) in [7, 11) is 0. The number of pyridine rings is 1. The van der Waals surface area contributed by atoms with Gasteiger partial charge in [0.25, 0.3) is 5.91 Å². The topological polar surface area (TPSA) is 98.1 Å². The first-order valence-electron chi connectivity index (χ1n) is 9.17. The largest absolute Gasteiger partial charge is 0.459 e. The monoisotopic (exact) mass is 425 g/mol. The zero-order valence-electron chi connectivity index (χ0n) is 16.1. The molecular formula is C22H17ClFN3O3. The van der Waals surface area contributed by atoms with Gasteiger partial charge in [0.1, 0.15) is 5.82 Å². The number of hydrogen-bond donors (Lipinski definition) is 2. The van der Waals surface area contributed by atoms with Crippen molar-refractivity contribution in [3.8, 4) is 11.3 Å². The van der Waals surface area contributed by atoms with Crippen LogP contribution in [0.2, 0.25) is 5.02 Å². The van der Waals surface area contributed by atoms with Crippen LogP contribution in [0.3, 0.4) is 0 Å². The van der Waals surface area contributed by atoms with Gasteiger partial charge in [-0.3, -0.25) is 4.79 Å². The van der Waals surface area contributed by atoms with Crippen LogP contribution >= 0.6 is 11.6 Å². The van der Waals surface area contributed by atoms with E-state index in [1.165, 1.54) is 24.3 Å². The average molecular weight is 426 g/mol. The number of H-pyrrole nitrogens is 1. The van der Waals surface area contributed by atoms with Gasteiger partial charge in [0.2, 0.25) is 0 Å². The Morgan fingerprint density at radius 2 is 1.93 bits per heavy atom. The van der Waals surface area contributed by atoms with Crippen molar-refractivity contribution in [2.45, 2.75) is 20.0 Å². The molecule has 1 amide bonds. The Labute approximate surface area is 175 Å². The second-order valence-electron chi connectivity index (χ2n) is 7.11. The normalized spacial score (nSPS) is 11.4. The highest BCUT2D eigenvalue weighted by molar-refractivity contribution is 6.31. The number of nitrogens with zero attached hydrogens (tertiary/aromatic N) is 1. The number of aromatic amines is 1. The third-order valence-corrected chi connectivity index (χ3v) is 4.90. The van der Waals surface area contributed by atoms with Crippen LogP contribution in [-0.4, -0.2) is 27.9 Å². The van der Waals surface area contributed by atoms with Gasteiger partial charge in [-0.25, -0.2) is 14.2 Å². The zero-order valence-corrected chi connectivity index (χ0v) is 16.9. The first kappa shape index (κ1) is 19.8. The molecule has 0 bridgehead atoms. The second-order valence-corrected chi connectivity index (χ2v) is 7.52. The maximum atomic E-state index is 13.5.